The van der Waals surface area contributed by atoms with Crippen molar-refractivity contribution in [2.45, 2.75) is 34.1 Å². The maximum Gasteiger partial charge on any atom is 0.309 e. The molecule has 0 unspecified atom stereocenters. The molecule has 0 fully saturated rings. The van der Waals surface area contributed by atoms with E-state index in [4.69, 9.17) is 4.74 Å². The molecule has 0 aromatic rings. The summed E-state index contributed by atoms with van der Waals surface area (Å²) in [7, 11) is 0. The van der Waals surface area contributed by atoms with Gasteiger partial charge in [0.25, 0.3) is 0 Å². The molecule has 0 radical (unpaired) electrons. The molecule has 11 heavy (non-hydrogen) atoms. The maximum absolute atomic E-state index is 11.2. The summed E-state index contributed by atoms with van der Waals surface area (Å²) in [6.45, 7) is 8.44. The zero-order chi connectivity index (χ0) is 8.85. The van der Waals surface area contributed by atoms with Crippen molar-refractivity contribution >= 4 is 5.97 Å². The number of hydrogen-bond acceptors (Lipinski definition) is 2. The predicted octanol–water partition coefficient (Wildman–Crippen LogP) is 2.23. The summed E-state index contributed by atoms with van der Waals surface area (Å²) in [5.74, 6) is 0.416. The molecule has 0 saturated heterocycles. The van der Waals surface area contributed by atoms with Crippen LogP contribution in [0.2, 0.25) is 0 Å². The van der Waals surface area contributed by atoms with E-state index in [-0.39, 0.29) is 11.9 Å². The van der Waals surface area contributed by atoms with E-state index in [9.17, 15) is 4.79 Å². The van der Waals surface area contributed by atoms with Gasteiger partial charge in [0.2, 0.25) is 0 Å². The second-order valence-corrected chi connectivity index (χ2v) is 3.01. The lowest BCUT2D eigenvalue weighted by atomic mass is 9.94. The van der Waals surface area contributed by atoms with Crippen molar-refractivity contribution in [1.29, 1.82) is 0 Å². The maximum atomic E-state index is 11.2. The van der Waals surface area contributed by atoms with Crippen LogP contribution in [0.15, 0.2) is 0 Å². The lowest BCUT2D eigenvalue weighted by Crippen LogP contribution is -2.21. The molecule has 0 aliphatic rings. The van der Waals surface area contributed by atoms with Gasteiger partial charge in [-0.15, -0.1) is 0 Å². The van der Waals surface area contributed by atoms with Crippen molar-refractivity contribution in [2.24, 2.45) is 11.8 Å². The van der Waals surface area contributed by atoms with Crippen molar-refractivity contribution in [3.63, 3.8) is 0 Å². The van der Waals surface area contributed by atoms with Crippen LogP contribution in [-0.2, 0) is 9.53 Å². The monoisotopic (exact) mass is 158 g/mol. The fourth-order valence-corrected chi connectivity index (χ4v) is 1.16. The lowest BCUT2D eigenvalue weighted by molar-refractivity contribution is -0.149. The quantitative estimate of drug-likeness (QED) is 0.586. The van der Waals surface area contributed by atoms with Gasteiger partial charge >= 0.3 is 5.97 Å². The highest BCUT2D eigenvalue weighted by molar-refractivity contribution is 5.72. The van der Waals surface area contributed by atoms with E-state index in [0.29, 0.717) is 12.5 Å². The largest absolute Gasteiger partial charge is 0.466 e. The molecule has 0 spiro atoms. The number of hydrogen-bond donors (Lipinski definition) is 0. The summed E-state index contributed by atoms with van der Waals surface area (Å²) in [6, 6.07) is 0. The van der Waals surface area contributed by atoms with Gasteiger partial charge in [0.15, 0.2) is 0 Å². The summed E-state index contributed by atoms with van der Waals surface area (Å²) in [4.78, 5) is 11.2. The number of carbonyl (C=O) groups is 1. The molecule has 0 bridgehead atoms. The first-order valence-electron chi connectivity index (χ1n) is 4.30. The molecule has 0 amide bonds. The summed E-state index contributed by atoms with van der Waals surface area (Å²) in [6.07, 6.45) is 0.872. The van der Waals surface area contributed by atoms with E-state index >= 15 is 0 Å². The first-order valence-corrected chi connectivity index (χ1v) is 4.30. The molecule has 0 rings (SSSR count). The Morgan fingerprint density at radius 1 is 1.36 bits per heavy atom. The Kier molecular flexibility index (Phi) is 4.92. The molecule has 0 N–H and O–H groups in total. The topological polar surface area (TPSA) is 26.3 Å². The van der Waals surface area contributed by atoms with Crippen LogP contribution in [0.4, 0.5) is 0 Å². The second kappa shape index (κ2) is 5.16. The molecular weight excluding hydrogens is 140 g/mol. The first kappa shape index (κ1) is 10.5. The number of rotatable bonds is 4. The number of ether oxygens (including phenoxy) is 1. The van der Waals surface area contributed by atoms with Crippen molar-refractivity contribution in [2.75, 3.05) is 6.61 Å². The molecule has 0 heterocycles. The van der Waals surface area contributed by atoms with Gasteiger partial charge in [0.1, 0.15) is 0 Å². The van der Waals surface area contributed by atoms with Gasteiger partial charge in [-0.3, -0.25) is 4.79 Å². The van der Waals surface area contributed by atoms with Crippen molar-refractivity contribution in [3.8, 4) is 0 Å². The van der Waals surface area contributed by atoms with Gasteiger partial charge in [-0.05, 0) is 19.3 Å². The molecule has 0 saturated carbocycles. The minimum atomic E-state index is -0.0509. The van der Waals surface area contributed by atoms with Crippen LogP contribution in [0.25, 0.3) is 0 Å². The van der Waals surface area contributed by atoms with Crippen LogP contribution in [0.1, 0.15) is 34.1 Å². The van der Waals surface area contributed by atoms with Crippen LogP contribution >= 0.6 is 0 Å². The van der Waals surface area contributed by atoms with Crippen LogP contribution in [-0.4, -0.2) is 12.6 Å². The Bertz CT molecular complexity index is 119. The Balaban J connectivity index is 3.92. The Hall–Kier alpha value is -0.530. The Morgan fingerprint density at radius 3 is 2.18 bits per heavy atom. The number of carbonyl (C=O) groups excluding carboxylic acids is 1. The average molecular weight is 158 g/mol. The third kappa shape index (κ3) is 3.40. The van der Waals surface area contributed by atoms with Crippen LogP contribution in [0, 0.1) is 11.8 Å². The Morgan fingerprint density at radius 2 is 1.91 bits per heavy atom. The summed E-state index contributed by atoms with van der Waals surface area (Å²) in [5.41, 5.74) is 0. The fraction of sp³-hybridized carbons (Fsp3) is 0.889. The molecule has 0 aromatic carbocycles. The van der Waals surface area contributed by atoms with Crippen molar-refractivity contribution in [1.82, 2.24) is 0 Å². The van der Waals surface area contributed by atoms with Crippen LogP contribution < -0.4 is 0 Å². The molecule has 66 valence electrons. The van der Waals surface area contributed by atoms with Gasteiger partial charge in [0, 0.05) is 0 Å². The predicted molar refractivity (Wildman–Crippen MR) is 45.3 cm³/mol. The molecule has 0 aromatic heterocycles. The fourth-order valence-electron chi connectivity index (χ4n) is 1.16. The van der Waals surface area contributed by atoms with E-state index in [1.807, 2.05) is 27.7 Å². The average Bonchev–Trinajstić information content (AvgIpc) is 1.88. The third-order valence-electron chi connectivity index (χ3n) is 1.83. The van der Waals surface area contributed by atoms with Crippen LogP contribution in [0.3, 0.4) is 0 Å². The standard InChI is InChI=1S/C9H18O2/c1-5-8(7(3)4)9(10)11-6-2/h7-8H,5-6H2,1-4H3/t8-/m0/s1. The molecule has 0 aliphatic heterocycles. The summed E-state index contributed by atoms with van der Waals surface area (Å²) >= 11 is 0. The Labute approximate surface area is 68.9 Å². The van der Waals surface area contributed by atoms with Crippen molar-refractivity contribution in [3.05, 3.63) is 0 Å². The minimum Gasteiger partial charge on any atom is -0.466 e. The minimum absolute atomic E-state index is 0.0509. The number of esters is 1. The smallest absolute Gasteiger partial charge is 0.309 e. The van der Waals surface area contributed by atoms with E-state index in [0.717, 1.165) is 6.42 Å². The third-order valence-corrected chi connectivity index (χ3v) is 1.83. The molecule has 2 heteroatoms. The van der Waals surface area contributed by atoms with Crippen LogP contribution in [0.5, 0.6) is 0 Å². The van der Waals surface area contributed by atoms with E-state index < -0.39 is 0 Å². The highest BCUT2D eigenvalue weighted by Gasteiger charge is 2.20. The second-order valence-electron chi connectivity index (χ2n) is 3.01. The summed E-state index contributed by atoms with van der Waals surface area (Å²) < 4.78 is 4.92. The van der Waals surface area contributed by atoms with E-state index in [1.54, 1.807) is 0 Å². The van der Waals surface area contributed by atoms with Crippen molar-refractivity contribution < 1.29 is 9.53 Å². The summed E-state index contributed by atoms with van der Waals surface area (Å²) in [5, 5.41) is 0. The van der Waals surface area contributed by atoms with Gasteiger partial charge in [-0.2, -0.15) is 0 Å². The molecular formula is C9H18O2. The normalized spacial score (nSPS) is 13.2. The molecule has 2 nitrogen and oxygen atoms in total. The van der Waals surface area contributed by atoms with E-state index in [2.05, 4.69) is 0 Å². The van der Waals surface area contributed by atoms with Gasteiger partial charge in [0.05, 0.1) is 12.5 Å². The van der Waals surface area contributed by atoms with Gasteiger partial charge in [-0.1, -0.05) is 20.8 Å². The SMILES string of the molecule is CCOC(=O)[C@@H](CC)C(C)C. The lowest BCUT2D eigenvalue weighted by Gasteiger charge is -2.16. The highest BCUT2D eigenvalue weighted by Crippen LogP contribution is 2.16. The molecule has 1 atom stereocenters. The zero-order valence-electron chi connectivity index (χ0n) is 7.89. The zero-order valence-corrected chi connectivity index (χ0v) is 7.89. The first-order chi connectivity index (χ1) is 5.13. The molecule has 0 aliphatic carbocycles. The highest BCUT2D eigenvalue weighted by atomic mass is 16.5. The van der Waals surface area contributed by atoms with E-state index in [1.165, 1.54) is 0 Å². The van der Waals surface area contributed by atoms with Gasteiger partial charge in [-0.25, -0.2) is 0 Å². The van der Waals surface area contributed by atoms with Gasteiger partial charge < -0.3 is 4.74 Å².